The van der Waals surface area contributed by atoms with E-state index in [1.165, 1.54) is 17.0 Å². The van der Waals surface area contributed by atoms with E-state index >= 15 is 0 Å². The minimum atomic E-state index is -1.49. The summed E-state index contributed by atoms with van der Waals surface area (Å²) in [6.45, 7) is 1.62. The maximum atomic E-state index is 14.3. The zero-order valence-corrected chi connectivity index (χ0v) is 14.1. The average molecular weight is 378 g/mol. The summed E-state index contributed by atoms with van der Waals surface area (Å²) in [6.07, 6.45) is -3.56. The summed E-state index contributed by atoms with van der Waals surface area (Å²) in [7, 11) is 0. The van der Waals surface area contributed by atoms with Gasteiger partial charge < -0.3 is 24.6 Å². The third-order valence-electron chi connectivity index (χ3n) is 4.67. The summed E-state index contributed by atoms with van der Waals surface area (Å²) in [5.74, 6) is -1.18. The van der Waals surface area contributed by atoms with Gasteiger partial charge >= 0.3 is 0 Å². The van der Waals surface area contributed by atoms with Crippen LogP contribution >= 0.6 is 0 Å². The normalized spacial score (nSPS) is 26.6. The highest BCUT2D eigenvalue weighted by molar-refractivity contribution is 5.79. The molecule has 0 saturated carbocycles. The number of hydrogen-bond donors (Lipinski definition) is 3. The van der Waals surface area contributed by atoms with E-state index in [2.05, 4.69) is 15.0 Å². The number of rotatable bonds is 3. The van der Waals surface area contributed by atoms with Crippen molar-refractivity contribution in [3.8, 4) is 0 Å². The van der Waals surface area contributed by atoms with E-state index in [4.69, 9.17) is 4.74 Å². The van der Waals surface area contributed by atoms with Crippen molar-refractivity contribution in [2.45, 2.75) is 37.6 Å². The topological polar surface area (TPSA) is 114 Å². The van der Waals surface area contributed by atoms with Crippen molar-refractivity contribution in [1.29, 1.82) is 0 Å². The van der Waals surface area contributed by atoms with Gasteiger partial charge in [-0.15, -0.1) is 0 Å². The lowest BCUT2D eigenvalue weighted by Gasteiger charge is -2.20. The Morgan fingerprint density at radius 1 is 1.15 bits per heavy atom. The lowest BCUT2D eigenvalue weighted by Crippen LogP contribution is -2.35. The summed E-state index contributed by atoms with van der Waals surface area (Å²) >= 11 is 0. The Hall–Kier alpha value is -2.53. The highest BCUT2D eigenvalue weighted by atomic mass is 19.1. The molecule has 3 aromatic heterocycles. The van der Waals surface area contributed by atoms with Gasteiger partial charge in [-0.05, 0) is 19.1 Å². The number of halogens is 2. The van der Waals surface area contributed by atoms with Crippen LogP contribution in [0.5, 0.6) is 0 Å². The molecule has 0 unspecified atom stereocenters. The van der Waals surface area contributed by atoms with Crippen LogP contribution in [0.1, 0.15) is 23.7 Å². The summed E-state index contributed by atoms with van der Waals surface area (Å²) in [5, 5.41) is 31.3. The molecule has 4 rings (SSSR count). The smallest absolute Gasteiger partial charge is 0.164 e. The van der Waals surface area contributed by atoms with E-state index in [1.54, 1.807) is 6.92 Å². The lowest BCUT2D eigenvalue weighted by molar-refractivity contribution is -0.0861. The van der Waals surface area contributed by atoms with Crippen LogP contribution in [0.15, 0.2) is 30.9 Å². The van der Waals surface area contributed by atoms with E-state index in [0.717, 1.165) is 18.5 Å². The fourth-order valence-electron chi connectivity index (χ4n) is 3.29. The molecule has 3 N–H and O–H groups in total. The summed E-state index contributed by atoms with van der Waals surface area (Å²) in [4.78, 5) is 11.7. The molecule has 142 valence electrons. The molecule has 0 bridgehead atoms. The van der Waals surface area contributed by atoms with Crippen molar-refractivity contribution < 1.29 is 28.8 Å². The SMILES string of the molecule is Cc1ncnc2c1c(F)cn2[C@@H]1O[C@H]([C@H](O)c2ccc(F)cn2)[C@@H](O)[C@H]1O. The van der Waals surface area contributed by atoms with E-state index < -0.39 is 42.3 Å². The second kappa shape index (κ2) is 6.57. The predicted octanol–water partition coefficient (Wildman–Crippen LogP) is 0.766. The van der Waals surface area contributed by atoms with Crippen LogP contribution in [-0.4, -0.2) is 53.2 Å². The lowest BCUT2D eigenvalue weighted by atomic mass is 10.0. The van der Waals surface area contributed by atoms with Gasteiger partial charge in [-0.3, -0.25) is 4.98 Å². The highest BCUT2D eigenvalue weighted by Crippen LogP contribution is 2.37. The Balaban J connectivity index is 1.68. The molecule has 1 saturated heterocycles. The van der Waals surface area contributed by atoms with Crippen LogP contribution in [-0.2, 0) is 4.74 Å². The Bertz CT molecular complexity index is 981. The second-order valence-corrected chi connectivity index (χ2v) is 6.36. The van der Waals surface area contributed by atoms with Crippen LogP contribution in [0.25, 0.3) is 11.0 Å². The number of nitrogens with zero attached hydrogens (tertiary/aromatic N) is 4. The van der Waals surface area contributed by atoms with E-state index in [0.29, 0.717) is 5.69 Å². The van der Waals surface area contributed by atoms with Gasteiger partial charge in [-0.1, -0.05) is 0 Å². The molecule has 1 fully saturated rings. The number of ether oxygens (including phenoxy) is 1. The molecule has 4 heterocycles. The maximum absolute atomic E-state index is 14.3. The molecule has 0 amide bonds. The second-order valence-electron chi connectivity index (χ2n) is 6.36. The van der Waals surface area contributed by atoms with Crippen molar-refractivity contribution in [2.24, 2.45) is 0 Å². The van der Waals surface area contributed by atoms with Gasteiger partial charge in [-0.25, -0.2) is 18.7 Å². The van der Waals surface area contributed by atoms with Crippen molar-refractivity contribution >= 4 is 11.0 Å². The molecule has 8 nitrogen and oxygen atoms in total. The van der Waals surface area contributed by atoms with Gasteiger partial charge in [0.05, 0.1) is 23.0 Å². The fraction of sp³-hybridized carbons (Fsp3) is 0.353. The predicted molar refractivity (Wildman–Crippen MR) is 87.3 cm³/mol. The van der Waals surface area contributed by atoms with Crippen LogP contribution in [0.4, 0.5) is 8.78 Å². The number of pyridine rings is 1. The van der Waals surface area contributed by atoms with Crippen molar-refractivity contribution in [3.05, 3.63) is 53.9 Å². The van der Waals surface area contributed by atoms with Crippen LogP contribution in [0.3, 0.4) is 0 Å². The van der Waals surface area contributed by atoms with Gasteiger partial charge in [0.2, 0.25) is 0 Å². The van der Waals surface area contributed by atoms with E-state index in [9.17, 15) is 24.1 Å². The number of aryl methyl sites for hydroxylation is 1. The van der Waals surface area contributed by atoms with Gasteiger partial charge in [0.15, 0.2) is 12.0 Å². The Kier molecular flexibility index (Phi) is 4.35. The summed E-state index contributed by atoms with van der Waals surface area (Å²) in [5.41, 5.74) is 0.665. The number of aromatic nitrogens is 4. The minimum absolute atomic E-state index is 0.0648. The third kappa shape index (κ3) is 2.86. The molecule has 1 aliphatic rings. The molecule has 27 heavy (non-hydrogen) atoms. The fourth-order valence-corrected chi connectivity index (χ4v) is 3.29. The molecule has 0 spiro atoms. The zero-order valence-electron chi connectivity index (χ0n) is 14.1. The molecule has 0 aromatic carbocycles. The first-order valence-corrected chi connectivity index (χ1v) is 8.17. The first-order chi connectivity index (χ1) is 12.9. The number of aliphatic hydroxyl groups excluding tert-OH is 3. The largest absolute Gasteiger partial charge is 0.387 e. The van der Waals surface area contributed by atoms with Crippen molar-refractivity contribution in [2.75, 3.05) is 0 Å². The maximum Gasteiger partial charge on any atom is 0.164 e. The molecule has 5 atom stereocenters. The van der Waals surface area contributed by atoms with Crippen LogP contribution in [0.2, 0.25) is 0 Å². The van der Waals surface area contributed by atoms with Crippen LogP contribution < -0.4 is 0 Å². The first kappa shape index (κ1) is 17.9. The molecule has 0 radical (unpaired) electrons. The number of aliphatic hydroxyl groups is 3. The zero-order chi connectivity index (χ0) is 19.3. The van der Waals surface area contributed by atoms with Gasteiger partial charge in [0.1, 0.15) is 42.2 Å². The molecule has 0 aliphatic carbocycles. The molecule has 10 heteroatoms. The monoisotopic (exact) mass is 378 g/mol. The highest BCUT2D eigenvalue weighted by Gasteiger charge is 2.48. The number of hydrogen-bond acceptors (Lipinski definition) is 7. The van der Waals surface area contributed by atoms with Gasteiger partial charge in [0.25, 0.3) is 0 Å². The third-order valence-corrected chi connectivity index (χ3v) is 4.67. The summed E-state index contributed by atoms with van der Waals surface area (Å²) < 4.78 is 34.2. The first-order valence-electron chi connectivity index (χ1n) is 8.17. The van der Waals surface area contributed by atoms with Crippen molar-refractivity contribution in [1.82, 2.24) is 19.5 Å². The Labute approximate surface area is 151 Å². The quantitative estimate of drug-likeness (QED) is 0.617. The number of fused-ring (bicyclic) bond motifs is 1. The standard InChI is InChI=1S/C17H16F2N4O4/c1-7-11-9(19)5-23(16(11)22-6-21-7)17-14(26)13(25)15(27-17)12(24)10-3-2-8(18)4-20-10/h2-6,12-15,17,24-26H,1H3/t12-,13+,14-,15-,17-/m1/s1. The average Bonchev–Trinajstić information content (AvgIpc) is 3.13. The van der Waals surface area contributed by atoms with E-state index in [-0.39, 0.29) is 16.7 Å². The molecular weight excluding hydrogens is 362 g/mol. The molecule has 3 aromatic rings. The van der Waals surface area contributed by atoms with Crippen LogP contribution in [0, 0.1) is 18.6 Å². The van der Waals surface area contributed by atoms with Crippen molar-refractivity contribution in [3.63, 3.8) is 0 Å². The summed E-state index contributed by atoms with van der Waals surface area (Å²) in [6, 6.07) is 2.35. The van der Waals surface area contributed by atoms with Gasteiger partial charge in [0, 0.05) is 6.20 Å². The van der Waals surface area contributed by atoms with E-state index in [1.807, 2.05) is 0 Å². The molecule has 1 aliphatic heterocycles. The van der Waals surface area contributed by atoms with Gasteiger partial charge in [-0.2, -0.15) is 0 Å². The minimum Gasteiger partial charge on any atom is -0.387 e. The molecular formula is C17H16F2N4O4. The Morgan fingerprint density at radius 2 is 1.93 bits per heavy atom. The Morgan fingerprint density at radius 3 is 2.63 bits per heavy atom.